The van der Waals surface area contributed by atoms with E-state index < -0.39 is 0 Å². The van der Waals surface area contributed by atoms with Crippen molar-refractivity contribution in [2.24, 2.45) is 0 Å². The van der Waals surface area contributed by atoms with Crippen molar-refractivity contribution in [3.8, 4) is 0 Å². The Morgan fingerprint density at radius 3 is 3.10 bits per heavy atom. The van der Waals surface area contributed by atoms with Crippen molar-refractivity contribution in [2.45, 2.75) is 64.6 Å². The molecule has 1 amide bonds. The Balaban J connectivity index is 1.70. The molecule has 1 N–H and O–H groups in total. The fraction of sp³-hybridized carbons (Fsp3) is 0.750. The lowest BCUT2D eigenvalue weighted by Gasteiger charge is -2.32. The van der Waals surface area contributed by atoms with Crippen LogP contribution in [0.1, 0.15) is 51.3 Å². The molecule has 2 rings (SSSR count). The normalized spacial score (nSPS) is 19.6. The third-order valence-electron chi connectivity index (χ3n) is 4.34. The molecule has 5 nitrogen and oxygen atoms in total. The van der Waals surface area contributed by atoms with Gasteiger partial charge in [-0.3, -0.25) is 4.79 Å². The molecule has 0 aliphatic carbocycles. The first-order chi connectivity index (χ1) is 10.2. The van der Waals surface area contributed by atoms with Gasteiger partial charge in [-0.2, -0.15) is 0 Å². The van der Waals surface area contributed by atoms with E-state index in [0.717, 1.165) is 25.2 Å². The highest BCUT2D eigenvalue weighted by molar-refractivity contribution is 5.75. The van der Waals surface area contributed by atoms with Crippen molar-refractivity contribution in [1.29, 1.82) is 0 Å². The van der Waals surface area contributed by atoms with E-state index in [9.17, 15) is 4.79 Å². The van der Waals surface area contributed by atoms with Crippen molar-refractivity contribution >= 4 is 5.91 Å². The van der Waals surface area contributed by atoms with Crippen molar-refractivity contribution < 1.29 is 4.79 Å². The van der Waals surface area contributed by atoms with E-state index >= 15 is 0 Å². The molecular weight excluding hydrogens is 264 g/mol. The monoisotopic (exact) mass is 292 g/mol. The Hall–Kier alpha value is -1.36. The van der Waals surface area contributed by atoms with Crippen LogP contribution in [0, 0.1) is 0 Å². The minimum atomic E-state index is 0.139. The van der Waals surface area contributed by atoms with Crippen LogP contribution in [-0.2, 0) is 17.9 Å². The standard InChI is InChI=1S/C16H28N4O/c1-3-10-20-12-9-17-15(20)13-18-16(21)8-7-14-6-4-5-11-19(14)2/h9,12,14H,3-8,10-11,13H2,1-2H3,(H,18,21). The van der Waals surface area contributed by atoms with Crippen LogP contribution in [0.15, 0.2) is 12.4 Å². The summed E-state index contributed by atoms with van der Waals surface area (Å²) in [6, 6.07) is 0.576. The first kappa shape index (κ1) is 16.0. The maximum Gasteiger partial charge on any atom is 0.220 e. The van der Waals surface area contributed by atoms with Crippen molar-refractivity contribution in [3.63, 3.8) is 0 Å². The maximum atomic E-state index is 12.0. The Kier molecular flexibility index (Phi) is 6.23. The molecule has 21 heavy (non-hydrogen) atoms. The highest BCUT2D eigenvalue weighted by Gasteiger charge is 2.19. The number of rotatable bonds is 7. The minimum Gasteiger partial charge on any atom is -0.349 e. The number of amides is 1. The maximum absolute atomic E-state index is 12.0. The number of aromatic nitrogens is 2. The Bertz CT molecular complexity index is 443. The van der Waals surface area contributed by atoms with Gasteiger partial charge in [-0.25, -0.2) is 4.98 Å². The zero-order valence-electron chi connectivity index (χ0n) is 13.3. The fourth-order valence-corrected chi connectivity index (χ4v) is 3.02. The number of likely N-dealkylation sites (tertiary alicyclic amines) is 1. The van der Waals surface area contributed by atoms with Crippen molar-refractivity contribution in [1.82, 2.24) is 19.8 Å². The zero-order valence-corrected chi connectivity index (χ0v) is 13.3. The van der Waals surface area contributed by atoms with Crippen molar-refractivity contribution in [2.75, 3.05) is 13.6 Å². The molecule has 0 saturated carbocycles. The van der Waals surface area contributed by atoms with Gasteiger partial charge in [0.15, 0.2) is 0 Å². The number of hydrogen-bond donors (Lipinski definition) is 1. The van der Waals surface area contributed by atoms with Gasteiger partial charge in [0.25, 0.3) is 0 Å². The van der Waals surface area contributed by atoms with E-state index in [0.29, 0.717) is 19.0 Å². The molecule has 1 aromatic heterocycles. The molecule has 1 atom stereocenters. The smallest absolute Gasteiger partial charge is 0.220 e. The van der Waals surface area contributed by atoms with Crippen LogP contribution in [-0.4, -0.2) is 40.0 Å². The Morgan fingerprint density at radius 1 is 1.48 bits per heavy atom. The third kappa shape index (κ3) is 4.84. The van der Waals surface area contributed by atoms with Gasteiger partial charge in [0.1, 0.15) is 5.82 Å². The molecule has 0 radical (unpaired) electrons. The van der Waals surface area contributed by atoms with Crippen LogP contribution in [0.4, 0.5) is 0 Å². The number of nitrogens with zero attached hydrogens (tertiary/aromatic N) is 3. The van der Waals surface area contributed by atoms with Crippen LogP contribution in [0.3, 0.4) is 0 Å². The second-order valence-corrected chi connectivity index (χ2v) is 5.98. The lowest BCUT2D eigenvalue weighted by Crippen LogP contribution is -2.37. The van der Waals surface area contributed by atoms with Crippen LogP contribution >= 0.6 is 0 Å². The number of hydrogen-bond acceptors (Lipinski definition) is 3. The summed E-state index contributed by atoms with van der Waals surface area (Å²) in [7, 11) is 2.17. The number of piperidine rings is 1. The average molecular weight is 292 g/mol. The van der Waals surface area contributed by atoms with Crippen LogP contribution in [0.5, 0.6) is 0 Å². The fourth-order valence-electron chi connectivity index (χ4n) is 3.02. The summed E-state index contributed by atoms with van der Waals surface area (Å²) in [5.41, 5.74) is 0. The summed E-state index contributed by atoms with van der Waals surface area (Å²) in [6.07, 6.45) is 10.2. The average Bonchev–Trinajstić information content (AvgIpc) is 2.92. The molecule has 1 saturated heterocycles. The topological polar surface area (TPSA) is 50.2 Å². The van der Waals surface area contributed by atoms with Gasteiger partial charge < -0.3 is 14.8 Å². The van der Waals surface area contributed by atoms with E-state index in [1.807, 2.05) is 6.20 Å². The van der Waals surface area contributed by atoms with Gasteiger partial charge in [0.2, 0.25) is 5.91 Å². The quantitative estimate of drug-likeness (QED) is 0.838. The van der Waals surface area contributed by atoms with Gasteiger partial charge >= 0.3 is 0 Å². The van der Waals surface area contributed by atoms with Crippen LogP contribution < -0.4 is 5.32 Å². The third-order valence-corrected chi connectivity index (χ3v) is 4.34. The van der Waals surface area contributed by atoms with Gasteiger partial charge in [-0.15, -0.1) is 0 Å². The van der Waals surface area contributed by atoms with Gasteiger partial charge in [-0.05, 0) is 39.3 Å². The molecule has 5 heteroatoms. The summed E-state index contributed by atoms with van der Waals surface area (Å²) in [6.45, 7) is 4.80. The summed E-state index contributed by atoms with van der Waals surface area (Å²) in [4.78, 5) is 18.7. The second-order valence-electron chi connectivity index (χ2n) is 5.98. The number of carbonyl (C=O) groups excluding carboxylic acids is 1. The highest BCUT2D eigenvalue weighted by Crippen LogP contribution is 2.18. The number of nitrogens with one attached hydrogen (secondary N) is 1. The predicted octanol–water partition coefficient (Wildman–Crippen LogP) is 2.17. The van der Waals surface area contributed by atoms with Gasteiger partial charge in [0.05, 0.1) is 6.54 Å². The molecule has 1 aliphatic heterocycles. The van der Waals surface area contributed by atoms with Gasteiger partial charge in [-0.1, -0.05) is 13.3 Å². The first-order valence-electron chi connectivity index (χ1n) is 8.17. The summed E-state index contributed by atoms with van der Waals surface area (Å²) in [5, 5.41) is 3.00. The largest absolute Gasteiger partial charge is 0.349 e. The molecule has 1 fully saturated rings. The Labute approximate surface area is 127 Å². The first-order valence-corrected chi connectivity index (χ1v) is 8.17. The highest BCUT2D eigenvalue weighted by atomic mass is 16.1. The lowest BCUT2D eigenvalue weighted by atomic mass is 9.98. The number of carbonyl (C=O) groups is 1. The molecule has 1 aromatic rings. The molecule has 0 bridgehead atoms. The molecule has 1 aliphatic rings. The minimum absolute atomic E-state index is 0.139. The molecule has 0 aromatic carbocycles. The lowest BCUT2D eigenvalue weighted by molar-refractivity contribution is -0.121. The SMILES string of the molecule is CCCn1ccnc1CNC(=O)CCC1CCCCN1C. The van der Waals surface area contributed by atoms with Gasteiger partial charge in [0, 0.05) is 31.4 Å². The van der Waals surface area contributed by atoms with Crippen molar-refractivity contribution in [3.05, 3.63) is 18.2 Å². The molecule has 1 unspecified atom stereocenters. The molecule has 0 spiro atoms. The van der Waals surface area contributed by atoms with Crippen LogP contribution in [0.2, 0.25) is 0 Å². The molecular formula is C16H28N4O. The van der Waals surface area contributed by atoms with E-state index in [4.69, 9.17) is 0 Å². The summed E-state index contributed by atoms with van der Waals surface area (Å²) >= 11 is 0. The van der Waals surface area contributed by atoms with E-state index in [1.165, 1.54) is 25.8 Å². The zero-order chi connectivity index (χ0) is 15.1. The number of imidazole rings is 1. The van der Waals surface area contributed by atoms with E-state index in [-0.39, 0.29) is 5.91 Å². The van der Waals surface area contributed by atoms with E-state index in [1.54, 1.807) is 6.20 Å². The van der Waals surface area contributed by atoms with Crippen LogP contribution in [0.25, 0.3) is 0 Å². The second kappa shape index (κ2) is 8.17. The molecule has 118 valence electrons. The predicted molar refractivity (Wildman–Crippen MR) is 83.9 cm³/mol. The Morgan fingerprint density at radius 2 is 2.33 bits per heavy atom. The number of aryl methyl sites for hydroxylation is 1. The summed E-state index contributed by atoms with van der Waals surface area (Å²) in [5.74, 6) is 1.08. The van der Waals surface area contributed by atoms with E-state index in [2.05, 4.69) is 33.7 Å². The summed E-state index contributed by atoms with van der Waals surface area (Å²) < 4.78 is 2.11. The molecule has 2 heterocycles.